The van der Waals surface area contributed by atoms with Crippen LogP contribution in [-0.4, -0.2) is 40.1 Å². The molecule has 1 aliphatic heterocycles. The Morgan fingerprint density at radius 1 is 1.29 bits per heavy atom. The molecular formula is C17H20N2O2. The largest absolute Gasteiger partial charge is 0.396 e. The van der Waals surface area contributed by atoms with Crippen LogP contribution in [0, 0.1) is 0 Å². The van der Waals surface area contributed by atoms with E-state index in [-0.39, 0.29) is 18.6 Å². The molecule has 4 heteroatoms. The first-order valence-corrected chi connectivity index (χ1v) is 7.57. The second kappa shape index (κ2) is 6.22. The maximum atomic E-state index is 12.9. The molecule has 1 amide bonds. The highest BCUT2D eigenvalue weighted by molar-refractivity contribution is 6.06. The molecule has 1 aliphatic rings. The molecular weight excluding hydrogens is 264 g/mol. The van der Waals surface area contributed by atoms with Crippen molar-refractivity contribution in [3.63, 3.8) is 0 Å². The first kappa shape index (κ1) is 14.0. The lowest BCUT2D eigenvalue weighted by molar-refractivity contribution is 0.0576. The average Bonchev–Trinajstić information content (AvgIpc) is 2.54. The van der Waals surface area contributed by atoms with Gasteiger partial charge >= 0.3 is 0 Å². The van der Waals surface area contributed by atoms with Crippen molar-refractivity contribution in [3.05, 3.63) is 42.1 Å². The van der Waals surface area contributed by atoms with E-state index in [0.29, 0.717) is 12.0 Å². The smallest absolute Gasteiger partial charge is 0.254 e. The van der Waals surface area contributed by atoms with Crippen LogP contribution in [0.4, 0.5) is 0 Å². The molecule has 1 atom stereocenters. The molecule has 1 fully saturated rings. The number of carbonyl (C=O) groups is 1. The fourth-order valence-corrected chi connectivity index (χ4v) is 3.16. The topological polar surface area (TPSA) is 53.4 Å². The summed E-state index contributed by atoms with van der Waals surface area (Å²) in [6.45, 7) is 0.908. The highest BCUT2D eigenvalue weighted by Gasteiger charge is 2.27. The minimum atomic E-state index is 0.0618. The van der Waals surface area contributed by atoms with Gasteiger partial charge in [0.15, 0.2) is 0 Å². The predicted molar refractivity (Wildman–Crippen MR) is 82.1 cm³/mol. The number of aliphatic hydroxyl groups is 1. The van der Waals surface area contributed by atoms with Gasteiger partial charge in [0.2, 0.25) is 0 Å². The van der Waals surface area contributed by atoms with Crippen molar-refractivity contribution < 1.29 is 9.90 Å². The van der Waals surface area contributed by atoms with Crippen LogP contribution in [-0.2, 0) is 0 Å². The first-order chi connectivity index (χ1) is 10.3. The summed E-state index contributed by atoms with van der Waals surface area (Å²) in [7, 11) is 0. The molecule has 0 spiro atoms. The number of aliphatic hydroxyl groups excluding tert-OH is 1. The molecule has 1 saturated heterocycles. The van der Waals surface area contributed by atoms with Gasteiger partial charge in [0.05, 0.1) is 5.52 Å². The molecule has 4 nitrogen and oxygen atoms in total. The Kier molecular flexibility index (Phi) is 4.15. The van der Waals surface area contributed by atoms with Crippen molar-refractivity contribution in [2.45, 2.75) is 31.7 Å². The summed E-state index contributed by atoms with van der Waals surface area (Å²) >= 11 is 0. The number of amides is 1. The Balaban J connectivity index is 1.95. The number of aromatic nitrogens is 1. The fraction of sp³-hybridized carbons (Fsp3) is 0.412. The molecule has 0 saturated carbocycles. The van der Waals surface area contributed by atoms with Gasteiger partial charge in [-0.05, 0) is 43.9 Å². The molecule has 1 aromatic heterocycles. The van der Waals surface area contributed by atoms with Gasteiger partial charge in [-0.25, -0.2) is 0 Å². The zero-order valence-corrected chi connectivity index (χ0v) is 12.0. The summed E-state index contributed by atoms with van der Waals surface area (Å²) in [6, 6.07) is 9.64. The minimum absolute atomic E-state index is 0.0618. The Labute approximate surface area is 124 Å². The number of carbonyl (C=O) groups excluding carboxylic acids is 1. The van der Waals surface area contributed by atoms with E-state index in [1.54, 1.807) is 6.20 Å². The van der Waals surface area contributed by atoms with Gasteiger partial charge < -0.3 is 10.0 Å². The molecule has 21 heavy (non-hydrogen) atoms. The predicted octanol–water partition coefficient (Wildman–Crippen LogP) is 2.61. The SMILES string of the molecule is O=C(c1cccc2ncccc12)N1CCCCC1CCO. The second-order valence-corrected chi connectivity index (χ2v) is 5.54. The van der Waals surface area contributed by atoms with Gasteiger partial charge in [0.25, 0.3) is 5.91 Å². The van der Waals surface area contributed by atoms with Crippen molar-refractivity contribution in [2.75, 3.05) is 13.2 Å². The maximum Gasteiger partial charge on any atom is 0.254 e. The van der Waals surface area contributed by atoms with Crippen LogP contribution in [0.3, 0.4) is 0 Å². The lowest BCUT2D eigenvalue weighted by atomic mass is 9.97. The zero-order chi connectivity index (χ0) is 14.7. The van der Waals surface area contributed by atoms with Gasteiger partial charge in [-0.3, -0.25) is 9.78 Å². The van der Waals surface area contributed by atoms with Crippen molar-refractivity contribution in [2.24, 2.45) is 0 Å². The van der Waals surface area contributed by atoms with Crippen LogP contribution in [0.2, 0.25) is 0 Å². The molecule has 2 heterocycles. The van der Waals surface area contributed by atoms with Crippen LogP contribution in [0.15, 0.2) is 36.5 Å². The Morgan fingerprint density at radius 2 is 2.19 bits per heavy atom. The second-order valence-electron chi connectivity index (χ2n) is 5.54. The first-order valence-electron chi connectivity index (χ1n) is 7.57. The average molecular weight is 284 g/mol. The summed E-state index contributed by atoms with van der Waals surface area (Å²) in [5.74, 6) is 0.0618. The number of pyridine rings is 1. The third-order valence-corrected chi connectivity index (χ3v) is 4.23. The van der Waals surface area contributed by atoms with E-state index in [0.717, 1.165) is 36.7 Å². The van der Waals surface area contributed by atoms with E-state index in [1.165, 1.54) is 0 Å². The molecule has 110 valence electrons. The van der Waals surface area contributed by atoms with Gasteiger partial charge in [0, 0.05) is 36.3 Å². The summed E-state index contributed by atoms with van der Waals surface area (Å²) in [6.07, 6.45) is 5.55. The highest BCUT2D eigenvalue weighted by atomic mass is 16.3. The summed E-state index contributed by atoms with van der Waals surface area (Å²) < 4.78 is 0. The summed E-state index contributed by atoms with van der Waals surface area (Å²) in [5.41, 5.74) is 1.56. The van der Waals surface area contributed by atoms with Crippen LogP contribution >= 0.6 is 0 Å². The quantitative estimate of drug-likeness (QED) is 0.942. The van der Waals surface area contributed by atoms with Crippen LogP contribution in [0.5, 0.6) is 0 Å². The van der Waals surface area contributed by atoms with E-state index in [2.05, 4.69) is 4.98 Å². The summed E-state index contributed by atoms with van der Waals surface area (Å²) in [4.78, 5) is 19.2. The number of hydrogen-bond acceptors (Lipinski definition) is 3. The molecule has 3 rings (SSSR count). The number of likely N-dealkylation sites (tertiary alicyclic amines) is 1. The molecule has 0 aliphatic carbocycles. The summed E-state index contributed by atoms with van der Waals surface area (Å²) in [5, 5.41) is 10.1. The number of hydrogen-bond donors (Lipinski definition) is 1. The Bertz CT molecular complexity index is 634. The van der Waals surface area contributed by atoms with Gasteiger partial charge in [0.1, 0.15) is 0 Å². The number of rotatable bonds is 3. The monoisotopic (exact) mass is 284 g/mol. The lowest BCUT2D eigenvalue weighted by Crippen LogP contribution is -2.44. The van der Waals surface area contributed by atoms with E-state index in [1.807, 2.05) is 35.2 Å². The number of nitrogens with zero attached hydrogens (tertiary/aromatic N) is 2. The van der Waals surface area contributed by atoms with E-state index in [9.17, 15) is 9.90 Å². The molecule has 1 N–H and O–H groups in total. The molecule has 2 aromatic rings. The molecule has 0 bridgehead atoms. The Hall–Kier alpha value is -1.94. The third-order valence-electron chi connectivity index (χ3n) is 4.23. The van der Waals surface area contributed by atoms with Crippen LogP contribution in [0.1, 0.15) is 36.0 Å². The van der Waals surface area contributed by atoms with Gasteiger partial charge in [-0.1, -0.05) is 12.1 Å². The van der Waals surface area contributed by atoms with Crippen molar-refractivity contribution in [1.29, 1.82) is 0 Å². The molecule has 1 aromatic carbocycles. The van der Waals surface area contributed by atoms with Crippen molar-refractivity contribution in [1.82, 2.24) is 9.88 Å². The highest BCUT2D eigenvalue weighted by Crippen LogP contribution is 2.24. The van der Waals surface area contributed by atoms with E-state index in [4.69, 9.17) is 0 Å². The van der Waals surface area contributed by atoms with E-state index >= 15 is 0 Å². The van der Waals surface area contributed by atoms with Gasteiger partial charge in [-0.15, -0.1) is 0 Å². The molecule has 0 radical (unpaired) electrons. The Morgan fingerprint density at radius 3 is 3.05 bits per heavy atom. The van der Waals surface area contributed by atoms with Crippen molar-refractivity contribution in [3.8, 4) is 0 Å². The third kappa shape index (κ3) is 2.76. The number of benzene rings is 1. The van der Waals surface area contributed by atoms with Crippen LogP contribution in [0.25, 0.3) is 10.9 Å². The maximum absolute atomic E-state index is 12.9. The van der Waals surface area contributed by atoms with Crippen LogP contribution < -0.4 is 0 Å². The standard InChI is InChI=1S/C17H20N2O2/c20-12-9-13-5-1-2-11-19(13)17(21)15-6-3-8-16-14(15)7-4-10-18-16/h3-4,6-8,10,13,20H,1-2,5,9,11-12H2. The fourth-order valence-electron chi connectivity index (χ4n) is 3.16. The minimum Gasteiger partial charge on any atom is -0.396 e. The van der Waals surface area contributed by atoms with E-state index < -0.39 is 0 Å². The normalized spacial score (nSPS) is 18.9. The zero-order valence-electron chi connectivity index (χ0n) is 12.0. The van der Waals surface area contributed by atoms with Crippen molar-refractivity contribution >= 4 is 16.8 Å². The molecule has 1 unspecified atom stereocenters. The lowest BCUT2D eigenvalue weighted by Gasteiger charge is -2.35. The van der Waals surface area contributed by atoms with Gasteiger partial charge in [-0.2, -0.15) is 0 Å². The number of fused-ring (bicyclic) bond motifs is 1. The number of piperidine rings is 1.